The van der Waals surface area contributed by atoms with Gasteiger partial charge in [0.25, 0.3) is 0 Å². The van der Waals surface area contributed by atoms with E-state index in [1.807, 2.05) is 11.9 Å². The number of methoxy groups -OCH3 is 1. The van der Waals surface area contributed by atoms with Crippen molar-refractivity contribution in [3.8, 4) is 0 Å². The third-order valence-corrected chi connectivity index (χ3v) is 2.53. The molecule has 0 radical (unpaired) electrons. The third-order valence-electron chi connectivity index (χ3n) is 2.53. The molecule has 0 saturated heterocycles. The summed E-state index contributed by atoms with van der Waals surface area (Å²) in [6, 6.07) is 3.35. The van der Waals surface area contributed by atoms with E-state index in [-0.39, 0.29) is 29.7 Å². The van der Waals surface area contributed by atoms with Crippen molar-refractivity contribution in [1.29, 1.82) is 0 Å². The Morgan fingerprint density at radius 1 is 1.61 bits per heavy atom. The van der Waals surface area contributed by atoms with E-state index >= 15 is 0 Å². The highest BCUT2D eigenvalue weighted by Crippen LogP contribution is 2.09. The average Bonchev–Trinajstić information content (AvgIpc) is 2.94. The van der Waals surface area contributed by atoms with Crippen molar-refractivity contribution < 1.29 is 13.9 Å². The molecule has 2 heterocycles. The van der Waals surface area contributed by atoms with E-state index in [0.717, 1.165) is 19.0 Å². The van der Waals surface area contributed by atoms with Crippen LogP contribution in [0.25, 0.3) is 0 Å². The number of carbonyl (C=O) groups is 1. The molecule has 1 aromatic rings. The van der Waals surface area contributed by atoms with Crippen LogP contribution < -0.4 is 5.32 Å². The van der Waals surface area contributed by atoms with Gasteiger partial charge in [-0.25, -0.2) is 4.79 Å². The van der Waals surface area contributed by atoms with Gasteiger partial charge in [0.1, 0.15) is 5.76 Å². The SMILES string of the molecule is COC(=O)c1ccc(CNC2=NCCN2C)o1.I. The number of carbonyl (C=O) groups excluding carboxylic acids is 1. The van der Waals surface area contributed by atoms with Crippen molar-refractivity contribution in [2.24, 2.45) is 4.99 Å². The first-order valence-corrected chi connectivity index (χ1v) is 5.37. The van der Waals surface area contributed by atoms with E-state index in [2.05, 4.69) is 15.0 Å². The number of hydrogen-bond acceptors (Lipinski definition) is 6. The Morgan fingerprint density at radius 2 is 2.39 bits per heavy atom. The molecule has 1 aliphatic rings. The van der Waals surface area contributed by atoms with Gasteiger partial charge in [-0.15, -0.1) is 24.0 Å². The lowest BCUT2D eigenvalue weighted by Crippen LogP contribution is -2.34. The summed E-state index contributed by atoms with van der Waals surface area (Å²) in [6.45, 7) is 2.23. The number of esters is 1. The molecule has 0 aliphatic carbocycles. The van der Waals surface area contributed by atoms with Crippen LogP contribution in [0.2, 0.25) is 0 Å². The number of nitrogens with one attached hydrogen (secondary N) is 1. The lowest BCUT2D eigenvalue weighted by molar-refractivity contribution is 0.0563. The third kappa shape index (κ3) is 3.37. The average molecular weight is 365 g/mol. The van der Waals surface area contributed by atoms with Gasteiger partial charge in [-0.05, 0) is 12.1 Å². The highest BCUT2D eigenvalue weighted by atomic mass is 127. The van der Waals surface area contributed by atoms with Crippen LogP contribution in [-0.2, 0) is 11.3 Å². The largest absolute Gasteiger partial charge is 0.463 e. The van der Waals surface area contributed by atoms with Crippen LogP contribution in [0.1, 0.15) is 16.3 Å². The summed E-state index contributed by atoms with van der Waals surface area (Å²) in [4.78, 5) is 17.5. The molecule has 2 rings (SSSR count). The number of hydrogen-bond donors (Lipinski definition) is 1. The molecule has 6 nitrogen and oxygen atoms in total. The minimum Gasteiger partial charge on any atom is -0.463 e. The van der Waals surface area contributed by atoms with Gasteiger partial charge in [-0.3, -0.25) is 4.99 Å². The molecule has 1 aromatic heterocycles. The zero-order valence-electron chi connectivity index (χ0n) is 10.3. The normalized spacial score (nSPS) is 13.9. The lowest BCUT2D eigenvalue weighted by atomic mass is 10.4. The van der Waals surface area contributed by atoms with Crippen LogP contribution in [0.4, 0.5) is 0 Å². The van der Waals surface area contributed by atoms with Gasteiger partial charge < -0.3 is 19.4 Å². The standard InChI is InChI=1S/C11H15N3O3.HI/c1-14-6-5-12-11(14)13-7-8-3-4-9(17-8)10(15)16-2;/h3-4H,5-7H2,1-2H3,(H,12,13);1H. The number of halogens is 1. The number of nitrogens with zero attached hydrogens (tertiary/aromatic N) is 2. The Hall–Kier alpha value is -1.25. The summed E-state index contributed by atoms with van der Waals surface area (Å²) >= 11 is 0. The van der Waals surface area contributed by atoms with Crippen LogP contribution in [0.3, 0.4) is 0 Å². The fraction of sp³-hybridized carbons (Fsp3) is 0.455. The fourth-order valence-corrected chi connectivity index (χ4v) is 1.57. The second-order valence-corrected chi connectivity index (χ2v) is 3.74. The quantitative estimate of drug-likeness (QED) is 0.642. The maximum atomic E-state index is 11.2. The molecule has 7 heteroatoms. The van der Waals surface area contributed by atoms with Crippen molar-refractivity contribution >= 4 is 35.9 Å². The smallest absolute Gasteiger partial charge is 0.373 e. The molecule has 0 aromatic carbocycles. The first-order valence-electron chi connectivity index (χ1n) is 5.37. The van der Waals surface area contributed by atoms with E-state index < -0.39 is 5.97 Å². The Kier molecular flexibility index (Phi) is 5.45. The first-order chi connectivity index (χ1) is 8.20. The number of likely N-dealkylation sites (N-methyl/N-ethyl adjacent to an activating group) is 1. The number of ether oxygens (including phenoxy) is 1. The predicted molar refractivity (Wildman–Crippen MR) is 77.2 cm³/mol. The predicted octanol–water partition coefficient (Wildman–Crippen LogP) is 1.08. The molecule has 0 unspecified atom stereocenters. The van der Waals surface area contributed by atoms with Gasteiger partial charge in [0.05, 0.1) is 20.2 Å². The topological polar surface area (TPSA) is 67.1 Å². The minimum atomic E-state index is -0.466. The fourth-order valence-electron chi connectivity index (χ4n) is 1.57. The number of rotatable bonds is 3. The number of furan rings is 1. The van der Waals surface area contributed by atoms with Crippen LogP contribution >= 0.6 is 24.0 Å². The Bertz CT molecular complexity index is 444. The summed E-state index contributed by atoms with van der Waals surface area (Å²) < 4.78 is 9.88. The van der Waals surface area contributed by atoms with Gasteiger partial charge in [-0.1, -0.05) is 0 Å². The molecule has 1 N–H and O–H groups in total. The van der Waals surface area contributed by atoms with Crippen molar-refractivity contribution in [2.75, 3.05) is 27.2 Å². The van der Waals surface area contributed by atoms with Crippen molar-refractivity contribution in [3.63, 3.8) is 0 Å². The Balaban J connectivity index is 0.00000162. The number of aliphatic imine (C=N–C) groups is 1. The molecular formula is C11H16IN3O3. The zero-order chi connectivity index (χ0) is 12.3. The van der Waals surface area contributed by atoms with Gasteiger partial charge in [-0.2, -0.15) is 0 Å². The second kappa shape index (κ2) is 6.62. The zero-order valence-corrected chi connectivity index (χ0v) is 12.6. The molecule has 18 heavy (non-hydrogen) atoms. The summed E-state index contributed by atoms with van der Waals surface area (Å²) in [5, 5.41) is 3.15. The van der Waals surface area contributed by atoms with Crippen molar-refractivity contribution in [1.82, 2.24) is 10.2 Å². The molecule has 0 atom stereocenters. The number of guanidine groups is 1. The molecule has 0 fully saturated rings. The van der Waals surface area contributed by atoms with E-state index in [0.29, 0.717) is 12.3 Å². The molecule has 0 amide bonds. The first kappa shape index (κ1) is 14.8. The summed E-state index contributed by atoms with van der Waals surface area (Å²) in [6.07, 6.45) is 0. The molecule has 1 aliphatic heterocycles. The minimum absolute atomic E-state index is 0. The van der Waals surface area contributed by atoms with E-state index in [1.54, 1.807) is 12.1 Å². The van der Waals surface area contributed by atoms with Crippen LogP contribution in [0, 0.1) is 0 Å². The van der Waals surface area contributed by atoms with Crippen molar-refractivity contribution in [3.05, 3.63) is 23.7 Å². The van der Waals surface area contributed by atoms with Gasteiger partial charge >= 0.3 is 5.97 Å². The monoisotopic (exact) mass is 365 g/mol. The van der Waals surface area contributed by atoms with Crippen molar-refractivity contribution in [2.45, 2.75) is 6.54 Å². The highest BCUT2D eigenvalue weighted by Gasteiger charge is 2.14. The van der Waals surface area contributed by atoms with Gasteiger partial charge in [0.2, 0.25) is 5.76 Å². The molecule has 0 bridgehead atoms. The van der Waals surface area contributed by atoms with Gasteiger partial charge in [0.15, 0.2) is 5.96 Å². The molecule has 0 saturated carbocycles. The molecular weight excluding hydrogens is 349 g/mol. The Labute approximate surface area is 122 Å². The summed E-state index contributed by atoms with van der Waals surface area (Å²) in [7, 11) is 3.30. The van der Waals surface area contributed by atoms with Gasteiger partial charge in [0, 0.05) is 13.6 Å². The highest BCUT2D eigenvalue weighted by molar-refractivity contribution is 14.0. The van der Waals surface area contributed by atoms with E-state index in [1.165, 1.54) is 7.11 Å². The lowest BCUT2D eigenvalue weighted by Gasteiger charge is -2.14. The molecule has 0 spiro atoms. The maximum absolute atomic E-state index is 11.2. The maximum Gasteiger partial charge on any atom is 0.373 e. The Morgan fingerprint density at radius 3 is 3.00 bits per heavy atom. The van der Waals surface area contributed by atoms with E-state index in [4.69, 9.17) is 4.42 Å². The summed E-state index contributed by atoms with van der Waals surface area (Å²) in [5.74, 6) is 1.27. The molecule has 100 valence electrons. The van der Waals surface area contributed by atoms with Crippen LogP contribution in [-0.4, -0.2) is 44.1 Å². The second-order valence-electron chi connectivity index (χ2n) is 3.74. The van der Waals surface area contributed by atoms with Crippen LogP contribution in [0.5, 0.6) is 0 Å². The van der Waals surface area contributed by atoms with E-state index in [9.17, 15) is 4.79 Å². The summed E-state index contributed by atoms with van der Waals surface area (Å²) in [5.41, 5.74) is 0. The van der Waals surface area contributed by atoms with Crippen LogP contribution in [0.15, 0.2) is 21.5 Å².